The molecule has 0 bridgehead atoms. The van der Waals surface area contributed by atoms with E-state index in [4.69, 9.17) is 24.4 Å². The fourth-order valence-corrected chi connectivity index (χ4v) is 12.3. The molecule has 6 aromatic rings. The monoisotopic (exact) mass is 1180 g/mol. The third kappa shape index (κ3) is 20.4. The SMILES string of the molecule is CCOC(=O)CCC(C)(C#N)N=NC(C)(C#N)CCC(=O)OCC(F)(F)S(=O)(=O)[O-].Cc1cc([S+](c2ccccc2)c2ccccc2)cc(C)c1OCC(=O)O.Cc1cc([S+](c2ccccc2)c2ccccc2)cc(C)c1OCC(=O)O. The van der Waals surface area contributed by atoms with Crippen molar-refractivity contribution in [3.63, 3.8) is 0 Å². The van der Waals surface area contributed by atoms with Crippen LogP contribution in [0.4, 0.5) is 8.78 Å². The standard InChI is InChI=1S/2C22H20O3S.C16H22F2N4O7S/c2*1-16-13-20(14-17(2)22(16)25-15-21(23)24)26(18-9-5-3-6-10-18)19-11-7-4-8-12-19;1-4-28-12(23)5-7-14(2,9-19)21-22-15(3,10-20)8-6-13(24)29-11-16(17,18)30(25,26)27/h2*3-14H,15H2,1-2H3;4-8,11H2,1-3H3,(H,25,26,27)/p+1. The molecule has 22 heteroatoms. The molecule has 0 aliphatic carbocycles. The number of halogens is 2. The van der Waals surface area contributed by atoms with E-state index in [1.54, 1.807) is 13.0 Å². The number of nitrogens with zero attached hydrogens (tertiary/aromatic N) is 4. The zero-order valence-electron chi connectivity index (χ0n) is 46.2. The smallest absolute Gasteiger partial charge is 0.367 e. The van der Waals surface area contributed by atoms with Crippen LogP contribution in [0.2, 0.25) is 0 Å². The van der Waals surface area contributed by atoms with Crippen LogP contribution in [-0.2, 0) is 60.6 Å². The first-order valence-corrected chi connectivity index (χ1v) is 29.1. The summed E-state index contributed by atoms with van der Waals surface area (Å²) in [6.07, 6.45) is -1.15. The van der Waals surface area contributed by atoms with Crippen LogP contribution in [-0.4, -0.2) is 89.8 Å². The van der Waals surface area contributed by atoms with Crippen LogP contribution >= 0.6 is 0 Å². The number of carboxylic acids is 2. The maximum Gasteiger partial charge on any atom is 0.367 e. The van der Waals surface area contributed by atoms with Gasteiger partial charge in [0.1, 0.15) is 11.5 Å². The Morgan fingerprint density at radius 1 is 0.561 bits per heavy atom. The Kier molecular flexibility index (Phi) is 25.2. The average Bonchev–Trinajstić information content (AvgIpc) is 3.62. The highest BCUT2D eigenvalue weighted by Gasteiger charge is 2.40. The summed E-state index contributed by atoms with van der Waals surface area (Å²) >= 11 is 0. The average molecular weight is 1180 g/mol. The topological polar surface area (TPSA) is 275 Å². The van der Waals surface area contributed by atoms with Crippen molar-refractivity contribution in [2.24, 2.45) is 10.2 Å². The zero-order chi connectivity index (χ0) is 60.7. The molecule has 0 aliphatic heterocycles. The number of azo groups is 1. The van der Waals surface area contributed by atoms with Gasteiger partial charge in [-0.2, -0.15) is 29.5 Å². The first-order chi connectivity index (χ1) is 38.8. The van der Waals surface area contributed by atoms with E-state index in [0.29, 0.717) is 11.5 Å². The molecule has 0 saturated carbocycles. The lowest BCUT2D eigenvalue weighted by Gasteiger charge is -2.20. The van der Waals surface area contributed by atoms with Crippen LogP contribution in [0.5, 0.6) is 11.5 Å². The molecular weight excluding hydrogens is 1120 g/mol. The van der Waals surface area contributed by atoms with Gasteiger partial charge in [0.15, 0.2) is 70.4 Å². The summed E-state index contributed by atoms with van der Waals surface area (Å²) in [5.41, 5.74) is 0.692. The third-order valence-corrected chi connectivity index (χ3v) is 16.8. The molecule has 2 unspecified atom stereocenters. The number of esters is 2. The number of benzene rings is 6. The molecule has 0 aromatic heterocycles. The van der Waals surface area contributed by atoms with Crippen LogP contribution in [0.15, 0.2) is 185 Å². The predicted octanol–water partition coefficient (Wildman–Crippen LogP) is 11.5. The fourth-order valence-electron chi connectivity index (χ4n) is 7.53. The zero-order valence-corrected chi connectivity index (χ0v) is 48.6. The van der Waals surface area contributed by atoms with E-state index >= 15 is 0 Å². The van der Waals surface area contributed by atoms with Gasteiger partial charge in [-0.15, -0.1) is 0 Å². The number of ether oxygens (including phenoxy) is 4. The predicted molar refractivity (Wildman–Crippen MR) is 302 cm³/mol. The second-order valence-corrected chi connectivity index (χ2v) is 24.1. The highest BCUT2D eigenvalue weighted by molar-refractivity contribution is 7.97. The number of aliphatic carboxylic acids is 2. The summed E-state index contributed by atoms with van der Waals surface area (Å²) in [4.78, 5) is 52.0. The maximum atomic E-state index is 13.0. The normalized spacial score (nSPS) is 12.7. The third-order valence-electron chi connectivity index (χ3n) is 11.6. The highest BCUT2D eigenvalue weighted by Crippen LogP contribution is 2.37. The first-order valence-electron chi connectivity index (χ1n) is 25.3. The number of carbonyl (C=O) groups is 4. The van der Waals surface area contributed by atoms with Crippen molar-refractivity contribution in [2.75, 3.05) is 26.4 Å². The molecule has 2 atom stereocenters. The number of alkyl halides is 2. The van der Waals surface area contributed by atoms with E-state index in [9.17, 15) is 51.5 Å². The molecule has 0 amide bonds. The van der Waals surface area contributed by atoms with E-state index < -0.39 is 63.4 Å². The number of aryl methyl sites for hydroxylation is 4. The minimum atomic E-state index is -6.00. The van der Waals surface area contributed by atoms with Gasteiger partial charge in [0.25, 0.3) is 0 Å². The number of carboxylic acid groups (broad SMARTS) is 2. The van der Waals surface area contributed by atoms with E-state index in [-0.39, 0.29) is 60.9 Å². The van der Waals surface area contributed by atoms with Gasteiger partial charge < -0.3 is 33.7 Å². The molecule has 0 heterocycles. The molecule has 0 spiro atoms. The maximum absolute atomic E-state index is 13.0. The van der Waals surface area contributed by atoms with Gasteiger partial charge >= 0.3 is 29.1 Å². The van der Waals surface area contributed by atoms with Crippen LogP contribution in [0.1, 0.15) is 68.7 Å². The fraction of sp³-hybridized carbons (Fsp3) is 0.300. The molecule has 6 rings (SSSR count). The molecule has 432 valence electrons. The Morgan fingerprint density at radius 3 is 1.11 bits per heavy atom. The summed E-state index contributed by atoms with van der Waals surface area (Å²) < 4.78 is 76.8. The van der Waals surface area contributed by atoms with Crippen molar-refractivity contribution >= 4 is 55.8 Å². The van der Waals surface area contributed by atoms with Crippen molar-refractivity contribution in [1.82, 2.24) is 0 Å². The second kappa shape index (κ2) is 31.2. The molecule has 82 heavy (non-hydrogen) atoms. The van der Waals surface area contributed by atoms with E-state index in [1.165, 1.54) is 43.2 Å². The molecule has 2 N–H and O–H groups in total. The number of hydrogen-bond donors (Lipinski definition) is 2. The van der Waals surface area contributed by atoms with E-state index in [0.717, 1.165) is 22.3 Å². The minimum absolute atomic E-state index is 0.0475. The lowest BCUT2D eigenvalue weighted by Crippen LogP contribution is -2.35. The molecule has 0 fully saturated rings. The van der Waals surface area contributed by atoms with Crippen LogP contribution in [0.3, 0.4) is 0 Å². The Labute approximate surface area is 482 Å². The van der Waals surface area contributed by atoms with Crippen LogP contribution in [0.25, 0.3) is 0 Å². The van der Waals surface area contributed by atoms with Gasteiger partial charge in [-0.05, 0) is 132 Å². The summed E-state index contributed by atoms with van der Waals surface area (Å²) in [6, 6.07) is 53.8. The molecule has 6 aromatic carbocycles. The van der Waals surface area contributed by atoms with Crippen molar-refractivity contribution in [1.29, 1.82) is 10.5 Å². The minimum Gasteiger partial charge on any atom is -0.743 e. The molecule has 0 radical (unpaired) electrons. The Balaban J connectivity index is 0.000000265. The van der Waals surface area contributed by atoms with Gasteiger partial charge in [0, 0.05) is 37.1 Å². The number of hydrogen-bond acceptors (Lipinski definition) is 15. The molecular formula is C60H63F2N4O13S3+. The molecule has 17 nitrogen and oxygen atoms in total. The van der Waals surface area contributed by atoms with Crippen LogP contribution in [0, 0.1) is 50.4 Å². The van der Waals surface area contributed by atoms with Gasteiger partial charge in [-0.3, -0.25) is 9.59 Å². The Bertz CT molecular complexity index is 3070. The van der Waals surface area contributed by atoms with Gasteiger partial charge in [0.05, 0.1) is 40.5 Å². The quantitative estimate of drug-likeness (QED) is 0.0247. The largest absolute Gasteiger partial charge is 0.743 e. The van der Waals surface area contributed by atoms with Crippen molar-refractivity contribution in [2.45, 2.75) is 120 Å². The Morgan fingerprint density at radius 2 is 0.854 bits per heavy atom. The van der Waals surface area contributed by atoms with E-state index in [1.807, 2.05) is 58.0 Å². The van der Waals surface area contributed by atoms with Gasteiger partial charge in [-0.1, -0.05) is 72.8 Å². The van der Waals surface area contributed by atoms with Crippen LogP contribution < -0.4 is 9.47 Å². The lowest BCUT2D eigenvalue weighted by atomic mass is 9.97. The number of carbonyl (C=O) groups excluding carboxylic acids is 2. The van der Waals surface area contributed by atoms with Crippen molar-refractivity contribution in [3.8, 4) is 23.6 Å². The number of nitriles is 2. The highest BCUT2D eigenvalue weighted by atomic mass is 32.2. The molecule has 0 aliphatic rings. The van der Waals surface area contributed by atoms with E-state index in [2.05, 4.69) is 136 Å². The summed E-state index contributed by atoms with van der Waals surface area (Å²) in [7, 11) is -6.46. The summed E-state index contributed by atoms with van der Waals surface area (Å²) in [5, 5.41) is 39.0. The lowest BCUT2D eigenvalue weighted by molar-refractivity contribution is -0.150. The summed E-state index contributed by atoms with van der Waals surface area (Å²) in [6.45, 7) is 9.64. The van der Waals surface area contributed by atoms with Crippen molar-refractivity contribution < 1.29 is 70.1 Å². The van der Waals surface area contributed by atoms with Gasteiger partial charge in [-0.25, -0.2) is 18.0 Å². The van der Waals surface area contributed by atoms with Crippen molar-refractivity contribution in [3.05, 3.63) is 168 Å². The van der Waals surface area contributed by atoms with Gasteiger partial charge in [0.2, 0.25) is 0 Å². The number of rotatable bonds is 24. The Hall–Kier alpha value is -8.15. The second-order valence-electron chi connectivity index (χ2n) is 18.5. The summed E-state index contributed by atoms with van der Waals surface area (Å²) in [5.74, 6) is -2.47. The first kappa shape index (κ1) is 66.4. The molecule has 0 saturated heterocycles.